The predicted molar refractivity (Wildman–Crippen MR) is 61.1 cm³/mol. The van der Waals surface area contributed by atoms with Gasteiger partial charge in [0.2, 0.25) is 5.95 Å². The van der Waals surface area contributed by atoms with E-state index in [2.05, 4.69) is 4.98 Å². The molecule has 0 saturated heterocycles. The first-order valence-electron chi connectivity index (χ1n) is 4.44. The Balaban J connectivity index is 0.00000144. The lowest BCUT2D eigenvalue weighted by molar-refractivity contribution is 0.584. The van der Waals surface area contributed by atoms with Gasteiger partial charge in [-0.15, -0.1) is 0 Å². The van der Waals surface area contributed by atoms with Crippen LogP contribution in [0.5, 0.6) is 0 Å². The minimum Gasteiger partial charge on any atom is -0.396 e. The van der Waals surface area contributed by atoms with E-state index in [4.69, 9.17) is 17.3 Å². The van der Waals surface area contributed by atoms with Crippen molar-refractivity contribution in [2.45, 2.75) is 0 Å². The van der Waals surface area contributed by atoms with Crippen LogP contribution >= 0.6 is 11.6 Å². The van der Waals surface area contributed by atoms with Gasteiger partial charge in [0.1, 0.15) is 5.82 Å². The van der Waals surface area contributed by atoms with Gasteiger partial charge in [-0.25, -0.2) is 9.37 Å². The third-order valence-electron chi connectivity index (χ3n) is 2.12. The molecule has 0 unspecified atom stereocenters. The van der Waals surface area contributed by atoms with E-state index in [1.165, 1.54) is 30.5 Å². The third kappa shape index (κ3) is 1.97. The summed E-state index contributed by atoms with van der Waals surface area (Å²) in [5.41, 5.74) is 6.30. The van der Waals surface area contributed by atoms with E-state index in [9.17, 15) is 8.78 Å². The van der Waals surface area contributed by atoms with Crippen molar-refractivity contribution in [3.8, 4) is 11.1 Å². The van der Waals surface area contributed by atoms with Crippen LogP contribution in [0.15, 0.2) is 30.5 Å². The van der Waals surface area contributed by atoms with Gasteiger partial charge >= 0.3 is 0 Å². The van der Waals surface area contributed by atoms with E-state index in [1.54, 1.807) is 0 Å². The molecule has 0 spiro atoms. The number of hydrogen-bond donors (Lipinski definition) is 1. The minimum atomic E-state index is -0.601. The summed E-state index contributed by atoms with van der Waals surface area (Å²) >= 11 is 5.91. The van der Waals surface area contributed by atoms with Crippen molar-refractivity contribution >= 4 is 17.3 Å². The Hall–Kier alpha value is -1.68. The van der Waals surface area contributed by atoms with Crippen LogP contribution in [0.1, 0.15) is 1.43 Å². The van der Waals surface area contributed by atoms with E-state index in [-0.39, 0.29) is 7.11 Å². The number of benzene rings is 1. The highest BCUT2D eigenvalue weighted by atomic mass is 35.5. The van der Waals surface area contributed by atoms with Crippen LogP contribution in [0.2, 0.25) is 5.02 Å². The van der Waals surface area contributed by atoms with Crippen LogP contribution in [0.25, 0.3) is 11.1 Å². The number of halogens is 3. The Morgan fingerprint density at radius 1 is 1.25 bits per heavy atom. The molecule has 1 aromatic carbocycles. The molecule has 5 heteroatoms. The molecular weight excluding hydrogens is 234 g/mol. The number of hydrogen-bond acceptors (Lipinski definition) is 2. The van der Waals surface area contributed by atoms with Crippen LogP contribution < -0.4 is 5.73 Å². The molecular formula is C11H9ClF2N2. The van der Waals surface area contributed by atoms with Gasteiger partial charge in [0.05, 0.1) is 10.7 Å². The van der Waals surface area contributed by atoms with Gasteiger partial charge in [0.25, 0.3) is 0 Å². The summed E-state index contributed by atoms with van der Waals surface area (Å²) in [6.45, 7) is 0. The van der Waals surface area contributed by atoms with Crippen molar-refractivity contribution in [3.05, 3.63) is 47.2 Å². The van der Waals surface area contributed by atoms with Crippen LogP contribution in [-0.2, 0) is 0 Å². The molecule has 2 nitrogen and oxygen atoms in total. The molecule has 0 amide bonds. The fourth-order valence-corrected chi connectivity index (χ4v) is 1.60. The highest BCUT2D eigenvalue weighted by Gasteiger charge is 2.08. The maximum atomic E-state index is 13.2. The van der Waals surface area contributed by atoms with Gasteiger partial charge in [-0.05, 0) is 24.3 Å². The van der Waals surface area contributed by atoms with Crippen LogP contribution in [-0.4, -0.2) is 4.98 Å². The van der Waals surface area contributed by atoms with Crippen LogP contribution in [0.4, 0.5) is 14.5 Å². The quantitative estimate of drug-likeness (QED) is 0.614. The molecule has 2 rings (SSSR count). The van der Waals surface area contributed by atoms with Crippen molar-refractivity contribution < 1.29 is 10.2 Å². The van der Waals surface area contributed by atoms with Gasteiger partial charge < -0.3 is 5.73 Å². The lowest BCUT2D eigenvalue weighted by Gasteiger charge is -2.06. The van der Waals surface area contributed by atoms with E-state index >= 15 is 0 Å². The summed E-state index contributed by atoms with van der Waals surface area (Å²) in [6, 6.07) is 5.17. The average Bonchev–Trinajstić information content (AvgIpc) is 2.25. The summed E-state index contributed by atoms with van der Waals surface area (Å²) in [5, 5.41) is 0.298. The van der Waals surface area contributed by atoms with Gasteiger partial charge in [-0.3, -0.25) is 0 Å². The lowest BCUT2D eigenvalue weighted by Crippen LogP contribution is -1.92. The number of rotatable bonds is 1. The standard InChI is InChI=1S/C11H7ClF2N2.H2/c12-8-4-10(15)9(13)3-7(8)6-1-2-11(14)16-5-6;/h1-5H,15H2;1H. The first-order chi connectivity index (χ1) is 7.58. The van der Waals surface area contributed by atoms with Gasteiger partial charge in [0, 0.05) is 18.8 Å². The average molecular weight is 243 g/mol. The molecule has 84 valence electrons. The normalized spacial score (nSPS) is 10.4. The maximum Gasteiger partial charge on any atom is 0.212 e. The Morgan fingerprint density at radius 3 is 2.62 bits per heavy atom. The van der Waals surface area contributed by atoms with Gasteiger partial charge in [0.15, 0.2) is 0 Å². The Morgan fingerprint density at radius 2 is 2.00 bits per heavy atom. The molecule has 0 aliphatic rings. The fourth-order valence-electron chi connectivity index (χ4n) is 1.32. The highest BCUT2D eigenvalue weighted by molar-refractivity contribution is 6.33. The second-order valence-electron chi connectivity index (χ2n) is 3.22. The van der Waals surface area contributed by atoms with E-state index in [1.807, 2.05) is 0 Å². The lowest BCUT2D eigenvalue weighted by atomic mass is 10.1. The molecule has 0 aliphatic carbocycles. The van der Waals surface area contributed by atoms with E-state index in [0.717, 1.165) is 0 Å². The maximum absolute atomic E-state index is 13.2. The zero-order valence-corrected chi connectivity index (χ0v) is 8.80. The molecule has 1 aromatic heterocycles. The fraction of sp³-hybridized carbons (Fsp3) is 0. The molecule has 16 heavy (non-hydrogen) atoms. The molecule has 0 aliphatic heterocycles. The molecule has 1 heterocycles. The third-order valence-corrected chi connectivity index (χ3v) is 2.44. The SMILES string of the molecule is Nc1cc(Cl)c(-c2ccc(F)nc2)cc1F.[HH]. The molecule has 0 saturated carbocycles. The Kier molecular flexibility index (Phi) is 2.75. The zero-order valence-electron chi connectivity index (χ0n) is 8.05. The Bertz CT molecular complexity index is 532. The topological polar surface area (TPSA) is 38.9 Å². The van der Waals surface area contributed by atoms with Crippen molar-refractivity contribution in [1.29, 1.82) is 0 Å². The predicted octanol–water partition coefficient (Wildman–Crippen LogP) is 3.51. The second kappa shape index (κ2) is 4.06. The summed E-state index contributed by atoms with van der Waals surface area (Å²) in [4.78, 5) is 3.47. The zero-order chi connectivity index (χ0) is 11.7. The number of nitrogen functional groups attached to an aromatic ring is 1. The van der Waals surface area contributed by atoms with Gasteiger partial charge in [-0.1, -0.05) is 11.6 Å². The molecule has 0 radical (unpaired) electrons. The number of aromatic nitrogens is 1. The van der Waals surface area contributed by atoms with Gasteiger partial charge in [-0.2, -0.15) is 4.39 Å². The molecule has 2 aromatic rings. The van der Waals surface area contributed by atoms with Crippen LogP contribution in [0, 0.1) is 11.8 Å². The summed E-state index contributed by atoms with van der Waals surface area (Å²) in [5.74, 6) is -1.17. The summed E-state index contributed by atoms with van der Waals surface area (Å²) in [6.07, 6.45) is 1.28. The van der Waals surface area contributed by atoms with E-state index in [0.29, 0.717) is 16.1 Å². The number of pyridine rings is 1. The smallest absolute Gasteiger partial charge is 0.212 e. The second-order valence-corrected chi connectivity index (χ2v) is 3.63. The van der Waals surface area contributed by atoms with Crippen molar-refractivity contribution in [2.24, 2.45) is 0 Å². The summed E-state index contributed by atoms with van der Waals surface area (Å²) < 4.78 is 25.9. The molecule has 2 N–H and O–H groups in total. The minimum absolute atomic E-state index is 0. The highest BCUT2D eigenvalue weighted by Crippen LogP contribution is 2.30. The van der Waals surface area contributed by atoms with E-state index < -0.39 is 11.8 Å². The van der Waals surface area contributed by atoms with Crippen LogP contribution in [0.3, 0.4) is 0 Å². The van der Waals surface area contributed by atoms with Crippen molar-refractivity contribution in [3.63, 3.8) is 0 Å². The summed E-state index contributed by atoms with van der Waals surface area (Å²) in [7, 11) is 0. The van der Waals surface area contributed by atoms with Crippen molar-refractivity contribution in [2.75, 3.05) is 5.73 Å². The molecule has 0 bridgehead atoms. The largest absolute Gasteiger partial charge is 0.396 e. The Labute approximate surface area is 97.2 Å². The monoisotopic (exact) mass is 242 g/mol. The number of anilines is 1. The van der Waals surface area contributed by atoms with Crippen molar-refractivity contribution in [1.82, 2.24) is 4.98 Å². The first kappa shape index (κ1) is 10.8. The molecule has 0 atom stereocenters. The number of nitrogens with two attached hydrogens (primary N) is 1. The number of nitrogens with zero attached hydrogens (tertiary/aromatic N) is 1. The first-order valence-corrected chi connectivity index (χ1v) is 4.82. The molecule has 0 fully saturated rings.